The first-order valence-electron chi connectivity index (χ1n) is 12.1. The van der Waals surface area contributed by atoms with Gasteiger partial charge in [-0.25, -0.2) is 0 Å². The van der Waals surface area contributed by atoms with Gasteiger partial charge in [0.1, 0.15) is 17.8 Å². The molecule has 4 nitrogen and oxygen atoms in total. The van der Waals surface area contributed by atoms with Gasteiger partial charge >= 0.3 is 0 Å². The van der Waals surface area contributed by atoms with Gasteiger partial charge in [-0.1, -0.05) is 18.2 Å². The minimum atomic E-state index is -0.546. The monoisotopic (exact) mass is 407 g/mol. The summed E-state index contributed by atoms with van der Waals surface area (Å²) in [7, 11) is 2.20. The predicted molar refractivity (Wildman–Crippen MR) is 115 cm³/mol. The summed E-state index contributed by atoms with van der Waals surface area (Å²) < 4.78 is 13.6. The second kappa shape index (κ2) is 6.04. The maximum absolute atomic E-state index is 10.8. The first kappa shape index (κ1) is 18.1. The zero-order valence-electron chi connectivity index (χ0n) is 18.0. The maximum Gasteiger partial charge on any atom is 0.166 e. The van der Waals surface area contributed by atoms with E-state index in [-0.39, 0.29) is 17.1 Å². The average Bonchev–Trinajstić information content (AvgIpc) is 2.98. The van der Waals surface area contributed by atoms with E-state index in [2.05, 4.69) is 30.2 Å². The first-order chi connectivity index (χ1) is 14.5. The molecule has 0 saturated heterocycles. The molecular weight excluding hydrogens is 374 g/mol. The molecule has 1 N–H and O–H groups in total. The van der Waals surface area contributed by atoms with E-state index >= 15 is 0 Å². The average molecular weight is 408 g/mol. The van der Waals surface area contributed by atoms with Crippen LogP contribution in [0.25, 0.3) is 0 Å². The van der Waals surface area contributed by atoms with Crippen LogP contribution in [0.3, 0.4) is 0 Å². The Bertz CT molecular complexity index is 888. The molecule has 2 aliphatic heterocycles. The van der Waals surface area contributed by atoms with Crippen LogP contribution in [0, 0.1) is 17.8 Å². The van der Waals surface area contributed by atoms with Gasteiger partial charge in [-0.15, -0.1) is 0 Å². The fourth-order valence-corrected chi connectivity index (χ4v) is 8.51. The van der Waals surface area contributed by atoms with Crippen molar-refractivity contribution < 1.29 is 14.6 Å². The Morgan fingerprint density at radius 1 is 1.10 bits per heavy atom. The van der Waals surface area contributed by atoms with Gasteiger partial charge in [0.2, 0.25) is 0 Å². The van der Waals surface area contributed by atoms with Crippen LogP contribution in [-0.2, 0) is 12.0 Å². The number of hydrogen-bond acceptors (Lipinski definition) is 4. The summed E-state index contributed by atoms with van der Waals surface area (Å²) in [6, 6.07) is 4.46. The van der Waals surface area contributed by atoms with Gasteiger partial charge in [-0.3, -0.25) is 0 Å². The highest BCUT2D eigenvalue weighted by molar-refractivity contribution is 5.60. The highest BCUT2D eigenvalue weighted by atomic mass is 16.5. The summed E-state index contributed by atoms with van der Waals surface area (Å²) in [4.78, 5) is 2.41. The van der Waals surface area contributed by atoms with Crippen molar-refractivity contribution in [3.63, 3.8) is 0 Å². The summed E-state index contributed by atoms with van der Waals surface area (Å²) in [5, 5.41) is 10.8. The molecule has 3 atom stereocenters. The minimum absolute atomic E-state index is 0.0160. The van der Waals surface area contributed by atoms with Crippen LogP contribution < -0.4 is 9.47 Å². The van der Waals surface area contributed by atoms with Gasteiger partial charge in [0.15, 0.2) is 11.5 Å². The van der Waals surface area contributed by atoms with Crippen LogP contribution in [-0.4, -0.2) is 41.4 Å². The summed E-state index contributed by atoms with van der Waals surface area (Å²) in [5.74, 6) is 4.48. The lowest BCUT2D eigenvalue weighted by atomic mass is 9.54. The molecule has 1 aromatic rings. The molecular formula is C26H33NO3. The Balaban J connectivity index is 1.32. The fourth-order valence-electron chi connectivity index (χ4n) is 8.51. The molecule has 5 aliphatic carbocycles. The van der Waals surface area contributed by atoms with Crippen molar-refractivity contribution in [1.82, 2.24) is 4.90 Å². The van der Waals surface area contributed by atoms with E-state index in [4.69, 9.17) is 9.47 Å². The number of aliphatic hydroxyl groups excluding tert-OH is 1. The zero-order valence-corrected chi connectivity index (χ0v) is 18.0. The normalized spacial score (nSPS) is 45.6. The highest BCUT2D eigenvalue weighted by Gasteiger charge is 2.57. The van der Waals surface area contributed by atoms with Crippen molar-refractivity contribution in [3.05, 3.63) is 35.4 Å². The number of aliphatic hydroxyl groups is 1. The summed E-state index contributed by atoms with van der Waals surface area (Å²) >= 11 is 0. The van der Waals surface area contributed by atoms with E-state index in [1.54, 1.807) is 0 Å². The van der Waals surface area contributed by atoms with E-state index in [9.17, 15) is 5.11 Å². The summed E-state index contributed by atoms with van der Waals surface area (Å²) in [5.41, 5.74) is 2.59. The Kier molecular flexibility index (Phi) is 3.64. The van der Waals surface area contributed by atoms with Crippen molar-refractivity contribution in [1.29, 1.82) is 0 Å². The Morgan fingerprint density at radius 3 is 2.57 bits per heavy atom. The number of benzene rings is 1. The molecule has 8 rings (SSSR count). The molecule has 4 saturated carbocycles. The Morgan fingerprint density at radius 2 is 1.83 bits per heavy atom. The SMILES string of the molecule is CN1CC[C@@]23CC=C[C@H](O)[C@@H]2Oc2c(OC45CC6CC(CC(C6)C4)C5)ccc(c23)C1. The smallest absolute Gasteiger partial charge is 0.166 e. The van der Waals surface area contributed by atoms with Gasteiger partial charge < -0.3 is 19.5 Å². The third-order valence-electron chi connectivity index (χ3n) is 9.31. The second-order valence-corrected chi connectivity index (χ2v) is 11.4. The topological polar surface area (TPSA) is 41.9 Å². The van der Waals surface area contributed by atoms with Crippen molar-refractivity contribution in [2.45, 2.75) is 81.1 Å². The fraction of sp³-hybridized carbons (Fsp3) is 0.692. The lowest BCUT2D eigenvalue weighted by molar-refractivity contribution is -0.108. The number of rotatable bonds is 2. The molecule has 4 bridgehead atoms. The van der Waals surface area contributed by atoms with Crippen LogP contribution in [0.1, 0.15) is 62.5 Å². The van der Waals surface area contributed by atoms with E-state index < -0.39 is 6.10 Å². The Labute approximate surface area is 179 Å². The molecule has 4 fully saturated rings. The Hall–Kier alpha value is -1.52. The molecule has 4 heteroatoms. The molecule has 0 amide bonds. The molecule has 0 radical (unpaired) electrons. The van der Waals surface area contributed by atoms with Crippen molar-refractivity contribution in [3.8, 4) is 11.5 Å². The van der Waals surface area contributed by atoms with Crippen LogP contribution in [0.15, 0.2) is 24.3 Å². The molecule has 160 valence electrons. The van der Waals surface area contributed by atoms with E-state index in [1.807, 2.05) is 6.08 Å². The molecule has 0 aromatic heterocycles. The third kappa shape index (κ3) is 2.41. The number of ether oxygens (including phenoxy) is 2. The number of hydrogen-bond donors (Lipinski definition) is 1. The van der Waals surface area contributed by atoms with Crippen LogP contribution in [0.5, 0.6) is 11.5 Å². The first-order valence-corrected chi connectivity index (χ1v) is 12.1. The van der Waals surface area contributed by atoms with Gasteiger partial charge in [-0.2, -0.15) is 0 Å². The van der Waals surface area contributed by atoms with Gasteiger partial charge in [0.05, 0.1) is 0 Å². The molecule has 1 aromatic carbocycles. The number of allylic oxidation sites excluding steroid dienone is 1. The number of nitrogens with zero attached hydrogens (tertiary/aromatic N) is 1. The van der Waals surface area contributed by atoms with Gasteiger partial charge in [0.25, 0.3) is 0 Å². The molecule has 1 spiro atoms. The molecule has 2 heterocycles. The third-order valence-corrected chi connectivity index (χ3v) is 9.31. The van der Waals surface area contributed by atoms with E-state index in [0.717, 1.165) is 55.2 Å². The van der Waals surface area contributed by atoms with Crippen LogP contribution in [0.4, 0.5) is 0 Å². The van der Waals surface area contributed by atoms with E-state index in [1.165, 1.54) is 49.7 Å². The molecule has 7 aliphatic rings. The van der Waals surface area contributed by atoms with Crippen LogP contribution in [0.2, 0.25) is 0 Å². The predicted octanol–water partition coefficient (Wildman–Crippen LogP) is 4.19. The quantitative estimate of drug-likeness (QED) is 0.747. The standard InChI is InChI=1S/C26H33NO3/c1-27-8-7-26-6-2-3-20(28)24(26)29-23-21(5-4-19(15-27)22(23)26)30-25-12-16-9-17(13-25)11-18(10-16)14-25/h2-5,16-18,20,24,28H,6-15H2,1H3/t16?,17?,18?,20-,24-,25?,26+/m0/s1. The highest BCUT2D eigenvalue weighted by Crippen LogP contribution is 2.60. The maximum atomic E-state index is 10.8. The second-order valence-electron chi connectivity index (χ2n) is 11.4. The lowest BCUT2D eigenvalue weighted by Gasteiger charge is -2.56. The molecule has 30 heavy (non-hydrogen) atoms. The lowest BCUT2D eigenvalue weighted by Crippen LogP contribution is -2.53. The zero-order chi connectivity index (χ0) is 20.1. The summed E-state index contributed by atoms with van der Waals surface area (Å²) in [6.45, 7) is 1.97. The van der Waals surface area contributed by atoms with Crippen molar-refractivity contribution in [2.24, 2.45) is 17.8 Å². The van der Waals surface area contributed by atoms with E-state index in [0.29, 0.717) is 0 Å². The minimum Gasteiger partial charge on any atom is -0.483 e. The largest absolute Gasteiger partial charge is 0.483 e. The van der Waals surface area contributed by atoms with Crippen molar-refractivity contribution >= 4 is 0 Å². The molecule has 0 unspecified atom stereocenters. The summed E-state index contributed by atoms with van der Waals surface area (Å²) in [6.07, 6.45) is 13.3. The van der Waals surface area contributed by atoms with Gasteiger partial charge in [-0.05, 0) is 94.3 Å². The van der Waals surface area contributed by atoms with Crippen LogP contribution >= 0.6 is 0 Å². The van der Waals surface area contributed by atoms with Crippen molar-refractivity contribution in [2.75, 3.05) is 13.6 Å². The van der Waals surface area contributed by atoms with Gasteiger partial charge in [0, 0.05) is 17.5 Å².